The third kappa shape index (κ3) is 6.93. The fourth-order valence-corrected chi connectivity index (χ4v) is 5.89. The molecule has 218 valence electrons. The standard InChI is InChI=1S/C29H37N6O5P/c1-18-13-21(39-27(18)35-17-33-24-25(30)31-16-32-26(24)35)14-38-41(34-19(2)28(36)37-15-29(3,4)5)40-23-12-8-10-20-9-6-7-11-22(20)23/h6-12,16-19,21,27,34H,13-15H2,1-5H3,(H2,30,31,32). The number of rotatable bonds is 10. The van der Waals surface area contributed by atoms with Gasteiger partial charge in [0.1, 0.15) is 29.9 Å². The summed E-state index contributed by atoms with van der Waals surface area (Å²) < 4.78 is 26.5. The molecule has 41 heavy (non-hydrogen) atoms. The average molecular weight is 581 g/mol. The Labute approximate surface area is 240 Å². The molecule has 11 nitrogen and oxygen atoms in total. The number of hydrogen-bond acceptors (Lipinski definition) is 10. The first-order valence-corrected chi connectivity index (χ1v) is 14.9. The molecule has 0 radical (unpaired) electrons. The topological polar surface area (TPSA) is 136 Å². The van der Waals surface area contributed by atoms with Crippen LogP contribution in [-0.2, 0) is 18.8 Å². The lowest BCUT2D eigenvalue weighted by Gasteiger charge is -2.25. The smallest absolute Gasteiger partial charge is 0.323 e. The predicted molar refractivity (Wildman–Crippen MR) is 158 cm³/mol. The van der Waals surface area contributed by atoms with E-state index in [1.54, 1.807) is 13.3 Å². The molecule has 1 aliphatic rings. The van der Waals surface area contributed by atoms with Gasteiger partial charge in [0.25, 0.3) is 0 Å². The van der Waals surface area contributed by atoms with E-state index >= 15 is 0 Å². The Morgan fingerprint density at radius 1 is 1.20 bits per heavy atom. The number of carbonyl (C=O) groups is 1. The summed E-state index contributed by atoms with van der Waals surface area (Å²) in [6.07, 6.45) is 3.37. The first-order chi connectivity index (χ1) is 19.6. The number of aromatic nitrogens is 4. The van der Waals surface area contributed by atoms with Crippen molar-refractivity contribution in [3.8, 4) is 5.75 Å². The Kier molecular flexibility index (Phi) is 8.70. The number of benzene rings is 2. The molecule has 0 aliphatic carbocycles. The van der Waals surface area contributed by atoms with Gasteiger partial charge in [-0.15, -0.1) is 0 Å². The zero-order valence-corrected chi connectivity index (χ0v) is 24.9. The van der Waals surface area contributed by atoms with Gasteiger partial charge in [-0.25, -0.2) is 20.0 Å². The number of esters is 1. The van der Waals surface area contributed by atoms with Crippen LogP contribution in [0.3, 0.4) is 0 Å². The number of nitrogens with two attached hydrogens (primary N) is 1. The van der Waals surface area contributed by atoms with Crippen molar-refractivity contribution in [3.05, 3.63) is 55.1 Å². The van der Waals surface area contributed by atoms with Gasteiger partial charge >= 0.3 is 14.5 Å². The molecule has 3 N–H and O–H groups in total. The second kappa shape index (κ2) is 12.2. The number of nitrogens with zero attached hydrogens (tertiary/aromatic N) is 4. The van der Waals surface area contributed by atoms with Crippen LogP contribution in [0.25, 0.3) is 21.9 Å². The lowest BCUT2D eigenvalue weighted by molar-refractivity contribution is -0.148. The molecule has 5 unspecified atom stereocenters. The summed E-state index contributed by atoms with van der Waals surface area (Å²) >= 11 is 0. The summed E-state index contributed by atoms with van der Waals surface area (Å²) in [4.78, 5) is 25.5. The van der Waals surface area contributed by atoms with Gasteiger partial charge in [0.15, 0.2) is 11.5 Å². The maximum Gasteiger partial charge on any atom is 0.323 e. The Hall–Kier alpha value is -3.37. The van der Waals surface area contributed by atoms with Crippen LogP contribution in [0.2, 0.25) is 0 Å². The molecule has 12 heteroatoms. The van der Waals surface area contributed by atoms with Gasteiger partial charge in [-0.1, -0.05) is 64.1 Å². The van der Waals surface area contributed by atoms with Crippen molar-refractivity contribution in [2.75, 3.05) is 18.9 Å². The van der Waals surface area contributed by atoms with E-state index in [4.69, 9.17) is 24.3 Å². The fourth-order valence-electron chi connectivity index (χ4n) is 4.65. The predicted octanol–water partition coefficient (Wildman–Crippen LogP) is 5.38. The number of imidazole rings is 1. The molecule has 4 aromatic rings. The number of fused-ring (bicyclic) bond motifs is 2. The van der Waals surface area contributed by atoms with Gasteiger partial charge in [0, 0.05) is 11.3 Å². The molecule has 0 saturated carbocycles. The Bertz CT molecular complexity index is 1500. The van der Waals surface area contributed by atoms with Crippen molar-refractivity contribution < 1.29 is 23.3 Å². The maximum absolute atomic E-state index is 12.8. The summed E-state index contributed by atoms with van der Waals surface area (Å²) in [5.41, 5.74) is 7.01. The highest BCUT2D eigenvalue weighted by Gasteiger charge is 2.36. The Morgan fingerprint density at radius 2 is 1.98 bits per heavy atom. The SMILES string of the molecule is CC(NP(OCC1CC(C)C(n2cnc3c(N)ncnc32)O1)Oc1cccc2ccccc12)C(=O)OCC(C)(C)C. The molecule has 0 amide bonds. The quantitative estimate of drug-likeness (QED) is 0.186. The van der Waals surface area contributed by atoms with Crippen molar-refractivity contribution in [2.24, 2.45) is 11.3 Å². The van der Waals surface area contributed by atoms with Crippen LogP contribution in [0.15, 0.2) is 55.1 Å². The van der Waals surface area contributed by atoms with Crippen LogP contribution in [-0.4, -0.2) is 50.8 Å². The summed E-state index contributed by atoms with van der Waals surface area (Å²) in [7, 11) is -1.73. The van der Waals surface area contributed by atoms with Crippen LogP contribution in [0.5, 0.6) is 5.75 Å². The molecule has 5 atom stereocenters. The summed E-state index contributed by atoms with van der Waals surface area (Å²) in [6, 6.07) is 13.2. The fraction of sp³-hybridized carbons (Fsp3) is 0.448. The minimum Gasteiger partial charge on any atom is -0.464 e. The Morgan fingerprint density at radius 3 is 2.78 bits per heavy atom. The van der Waals surface area contributed by atoms with Crippen molar-refractivity contribution in [1.82, 2.24) is 24.6 Å². The molecule has 0 bridgehead atoms. The Balaban J connectivity index is 1.29. The van der Waals surface area contributed by atoms with Gasteiger partial charge in [-0.05, 0) is 30.2 Å². The molecule has 1 saturated heterocycles. The normalized spacial score (nSPS) is 20.8. The van der Waals surface area contributed by atoms with Crippen LogP contribution in [0, 0.1) is 11.3 Å². The number of carbonyl (C=O) groups excluding carboxylic acids is 1. The highest BCUT2D eigenvalue weighted by Crippen LogP contribution is 2.42. The highest BCUT2D eigenvalue weighted by atomic mass is 31.2. The number of nitrogen functional groups attached to an aromatic ring is 1. The van der Waals surface area contributed by atoms with E-state index in [1.807, 2.05) is 67.8 Å². The lowest BCUT2D eigenvalue weighted by atomic mass is 9.99. The second-order valence-corrected chi connectivity index (χ2v) is 12.8. The zero-order valence-electron chi connectivity index (χ0n) is 24.0. The summed E-state index contributed by atoms with van der Waals surface area (Å²) in [5, 5.41) is 5.22. The monoisotopic (exact) mass is 580 g/mol. The highest BCUT2D eigenvalue weighted by molar-refractivity contribution is 7.45. The van der Waals surface area contributed by atoms with Crippen molar-refractivity contribution in [3.63, 3.8) is 0 Å². The van der Waals surface area contributed by atoms with Gasteiger partial charge in [0.2, 0.25) is 0 Å². The van der Waals surface area contributed by atoms with E-state index in [-0.39, 0.29) is 36.2 Å². The molecular weight excluding hydrogens is 543 g/mol. The van der Waals surface area contributed by atoms with E-state index in [0.29, 0.717) is 29.3 Å². The minimum atomic E-state index is -1.73. The molecule has 1 fully saturated rings. The first kappa shape index (κ1) is 29.1. The zero-order chi connectivity index (χ0) is 29.1. The van der Waals surface area contributed by atoms with Crippen LogP contribution in [0.1, 0.15) is 47.3 Å². The second-order valence-electron chi connectivity index (χ2n) is 11.6. The van der Waals surface area contributed by atoms with Gasteiger partial charge in [-0.2, -0.15) is 0 Å². The number of nitrogens with one attached hydrogen (secondary N) is 1. The molecule has 2 aromatic carbocycles. The molecular formula is C29H37N6O5P. The average Bonchev–Trinajstić information content (AvgIpc) is 3.53. The van der Waals surface area contributed by atoms with E-state index in [0.717, 1.165) is 17.2 Å². The molecule has 3 heterocycles. The molecule has 5 rings (SSSR count). The van der Waals surface area contributed by atoms with Crippen LogP contribution >= 0.6 is 8.53 Å². The maximum atomic E-state index is 12.8. The third-order valence-electron chi connectivity index (χ3n) is 6.72. The van der Waals surface area contributed by atoms with E-state index in [2.05, 4.69) is 27.0 Å². The van der Waals surface area contributed by atoms with Gasteiger partial charge in [-0.3, -0.25) is 9.36 Å². The van der Waals surface area contributed by atoms with Crippen LogP contribution in [0.4, 0.5) is 5.82 Å². The van der Waals surface area contributed by atoms with E-state index in [9.17, 15) is 4.79 Å². The number of anilines is 1. The summed E-state index contributed by atoms with van der Waals surface area (Å²) in [5.74, 6) is 0.799. The van der Waals surface area contributed by atoms with E-state index in [1.165, 1.54) is 6.33 Å². The number of ether oxygens (including phenoxy) is 2. The van der Waals surface area contributed by atoms with Crippen molar-refractivity contribution >= 4 is 42.2 Å². The molecule has 2 aromatic heterocycles. The van der Waals surface area contributed by atoms with Crippen LogP contribution < -0.4 is 15.3 Å². The van der Waals surface area contributed by atoms with Crippen molar-refractivity contribution in [2.45, 2.75) is 59.4 Å². The van der Waals surface area contributed by atoms with Crippen molar-refractivity contribution in [1.29, 1.82) is 0 Å². The largest absolute Gasteiger partial charge is 0.464 e. The lowest BCUT2D eigenvalue weighted by Crippen LogP contribution is -2.35. The minimum absolute atomic E-state index is 0.137. The molecule has 0 spiro atoms. The van der Waals surface area contributed by atoms with Gasteiger partial charge < -0.3 is 24.3 Å². The summed E-state index contributed by atoms with van der Waals surface area (Å²) in [6.45, 7) is 10.5. The first-order valence-electron chi connectivity index (χ1n) is 13.7. The van der Waals surface area contributed by atoms with Gasteiger partial charge in [0.05, 0.1) is 25.6 Å². The third-order valence-corrected chi connectivity index (χ3v) is 8.07. The molecule has 1 aliphatic heterocycles. The number of hydrogen-bond donors (Lipinski definition) is 2. The van der Waals surface area contributed by atoms with E-state index < -0.39 is 14.6 Å².